The van der Waals surface area contributed by atoms with Gasteiger partial charge in [-0.25, -0.2) is 4.79 Å². The Morgan fingerprint density at radius 1 is 1.54 bits per heavy atom. The van der Waals surface area contributed by atoms with Gasteiger partial charge in [-0.3, -0.25) is 14.3 Å². The fourth-order valence-corrected chi connectivity index (χ4v) is 2.64. The van der Waals surface area contributed by atoms with E-state index >= 15 is 0 Å². The van der Waals surface area contributed by atoms with Crippen LogP contribution in [0.15, 0.2) is 17.1 Å². The lowest BCUT2D eigenvalue weighted by atomic mass is 10.0. The molecule has 1 saturated heterocycles. The van der Waals surface area contributed by atoms with Crippen molar-refractivity contribution in [3.05, 3.63) is 22.7 Å². The molecule has 2 N–H and O–H groups in total. The molecule has 0 radical (unpaired) electrons. The van der Waals surface area contributed by atoms with Crippen LogP contribution in [-0.4, -0.2) is 60.1 Å². The molecule has 1 aromatic rings. The molecule has 0 saturated carbocycles. The third kappa shape index (κ3) is 4.31. The first-order chi connectivity index (χ1) is 11.3. The van der Waals surface area contributed by atoms with E-state index in [0.717, 1.165) is 0 Å². The second kappa shape index (κ2) is 7.73. The van der Waals surface area contributed by atoms with Crippen LogP contribution in [0.3, 0.4) is 0 Å². The van der Waals surface area contributed by atoms with Crippen molar-refractivity contribution in [3.63, 3.8) is 0 Å². The maximum absolute atomic E-state index is 12.2. The summed E-state index contributed by atoms with van der Waals surface area (Å²) in [7, 11) is 3.65. The third-order valence-corrected chi connectivity index (χ3v) is 3.69. The standard InChI is InChI=1S/C15H24N4O5/c1-9(2)13(18(3)4)14(20)23-8-12-22-7-11(24-12)19-6-5-10(16)17-15(19)21/h5-6,9,11-13H,7-8H2,1-4H3,(H2,16,17,21)/t11-,12-,13?/m0/s1. The van der Waals surface area contributed by atoms with E-state index in [4.69, 9.17) is 19.9 Å². The zero-order valence-electron chi connectivity index (χ0n) is 14.3. The lowest BCUT2D eigenvalue weighted by Crippen LogP contribution is -2.42. The average Bonchev–Trinajstić information content (AvgIpc) is 2.93. The molecule has 1 unspecified atom stereocenters. The SMILES string of the molecule is CC(C)C(C(=O)OC[C@H]1OC[C@@H](n2ccc(N)nc2=O)O1)N(C)C. The van der Waals surface area contributed by atoms with Gasteiger partial charge in [0.1, 0.15) is 18.5 Å². The highest BCUT2D eigenvalue weighted by atomic mass is 16.7. The minimum atomic E-state index is -0.724. The summed E-state index contributed by atoms with van der Waals surface area (Å²) in [5, 5.41) is 0. The number of ether oxygens (including phenoxy) is 3. The van der Waals surface area contributed by atoms with E-state index in [1.54, 1.807) is 0 Å². The lowest BCUT2D eigenvalue weighted by Gasteiger charge is -2.26. The van der Waals surface area contributed by atoms with Crippen molar-refractivity contribution in [1.82, 2.24) is 14.5 Å². The quantitative estimate of drug-likeness (QED) is 0.711. The fraction of sp³-hybridized carbons (Fsp3) is 0.667. The molecular formula is C15H24N4O5. The summed E-state index contributed by atoms with van der Waals surface area (Å²) >= 11 is 0. The molecule has 1 aromatic heterocycles. The van der Waals surface area contributed by atoms with Crippen molar-refractivity contribution in [1.29, 1.82) is 0 Å². The lowest BCUT2D eigenvalue weighted by molar-refractivity contribution is -0.165. The summed E-state index contributed by atoms with van der Waals surface area (Å²) in [6, 6.07) is 1.16. The number of carbonyl (C=O) groups excluding carboxylic acids is 1. The van der Waals surface area contributed by atoms with Crippen LogP contribution in [0.2, 0.25) is 0 Å². The first kappa shape index (κ1) is 18.4. The summed E-state index contributed by atoms with van der Waals surface area (Å²) < 4.78 is 17.6. The predicted molar refractivity (Wildman–Crippen MR) is 86.0 cm³/mol. The van der Waals surface area contributed by atoms with Crippen LogP contribution in [0.1, 0.15) is 20.1 Å². The number of hydrogen-bond donors (Lipinski definition) is 1. The molecule has 0 spiro atoms. The van der Waals surface area contributed by atoms with Gasteiger partial charge in [0.15, 0.2) is 12.5 Å². The van der Waals surface area contributed by atoms with Crippen molar-refractivity contribution in [2.75, 3.05) is 33.0 Å². The maximum atomic E-state index is 12.2. The van der Waals surface area contributed by atoms with E-state index in [1.807, 2.05) is 32.8 Å². The summed E-state index contributed by atoms with van der Waals surface area (Å²) in [6.07, 6.45) is 0.149. The molecule has 1 aliphatic rings. The summed E-state index contributed by atoms with van der Waals surface area (Å²) in [4.78, 5) is 29.4. The van der Waals surface area contributed by atoms with Gasteiger partial charge in [-0.05, 0) is 26.1 Å². The van der Waals surface area contributed by atoms with E-state index < -0.39 is 18.2 Å². The number of nitrogen functional groups attached to an aromatic ring is 1. The number of aromatic nitrogens is 2. The zero-order chi connectivity index (χ0) is 17.9. The molecule has 1 aliphatic heterocycles. The predicted octanol–water partition coefficient (Wildman–Crippen LogP) is -0.174. The molecule has 0 amide bonds. The van der Waals surface area contributed by atoms with E-state index in [0.29, 0.717) is 0 Å². The van der Waals surface area contributed by atoms with E-state index in [1.165, 1.54) is 16.8 Å². The van der Waals surface area contributed by atoms with Crippen molar-refractivity contribution in [3.8, 4) is 0 Å². The van der Waals surface area contributed by atoms with E-state index in [9.17, 15) is 9.59 Å². The monoisotopic (exact) mass is 340 g/mol. The summed E-state index contributed by atoms with van der Waals surface area (Å²) in [5.74, 6) is -0.0777. The van der Waals surface area contributed by atoms with E-state index in [-0.39, 0.29) is 37.0 Å². The Balaban J connectivity index is 1.90. The second-order valence-electron chi connectivity index (χ2n) is 6.18. The molecule has 24 heavy (non-hydrogen) atoms. The number of anilines is 1. The third-order valence-electron chi connectivity index (χ3n) is 3.69. The minimum absolute atomic E-state index is 0.0381. The van der Waals surface area contributed by atoms with Gasteiger partial charge in [0.2, 0.25) is 0 Å². The van der Waals surface area contributed by atoms with E-state index in [2.05, 4.69) is 4.98 Å². The number of rotatable bonds is 6. The molecule has 0 aliphatic carbocycles. The minimum Gasteiger partial charge on any atom is -0.459 e. The number of hydrogen-bond acceptors (Lipinski definition) is 8. The zero-order valence-corrected chi connectivity index (χ0v) is 14.3. The fourth-order valence-electron chi connectivity index (χ4n) is 2.64. The van der Waals surface area contributed by atoms with Crippen LogP contribution in [-0.2, 0) is 19.0 Å². The van der Waals surface area contributed by atoms with Crippen LogP contribution in [0, 0.1) is 5.92 Å². The van der Waals surface area contributed by atoms with Crippen LogP contribution in [0.25, 0.3) is 0 Å². The molecule has 9 heteroatoms. The molecule has 0 aromatic carbocycles. The Hall–Kier alpha value is -1.97. The largest absolute Gasteiger partial charge is 0.459 e. The Morgan fingerprint density at radius 2 is 2.25 bits per heavy atom. The number of esters is 1. The molecule has 2 rings (SSSR count). The molecule has 0 bridgehead atoms. The molecule has 9 nitrogen and oxygen atoms in total. The first-order valence-electron chi connectivity index (χ1n) is 7.74. The second-order valence-corrected chi connectivity index (χ2v) is 6.18. The smallest absolute Gasteiger partial charge is 0.351 e. The first-order valence-corrected chi connectivity index (χ1v) is 7.74. The average molecular weight is 340 g/mol. The van der Waals surface area contributed by atoms with Gasteiger partial charge in [0.25, 0.3) is 0 Å². The van der Waals surface area contributed by atoms with Gasteiger partial charge in [-0.15, -0.1) is 0 Å². The molecule has 3 atom stereocenters. The molecule has 1 fully saturated rings. The van der Waals surface area contributed by atoms with Gasteiger partial charge in [0, 0.05) is 6.20 Å². The van der Waals surface area contributed by atoms with Crippen LogP contribution in [0.5, 0.6) is 0 Å². The number of nitrogens with two attached hydrogens (primary N) is 1. The van der Waals surface area contributed by atoms with Gasteiger partial charge >= 0.3 is 11.7 Å². The highest BCUT2D eigenvalue weighted by Gasteiger charge is 2.31. The highest BCUT2D eigenvalue weighted by Crippen LogP contribution is 2.20. The Labute approximate surface area is 140 Å². The Bertz CT molecular complexity index is 623. The molecular weight excluding hydrogens is 316 g/mol. The summed E-state index contributed by atoms with van der Waals surface area (Å²) in [5.41, 5.74) is 4.93. The Kier molecular flexibility index (Phi) is 5.92. The van der Waals surface area contributed by atoms with Crippen LogP contribution in [0.4, 0.5) is 5.82 Å². The maximum Gasteiger partial charge on any atom is 0.351 e. The van der Waals surface area contributed by atoms with Gasteiger partial charge in [-0.1, -0.05) is 13.8 Å². The van der Waals surface area contributed by atoms with Crippen molar-refractivity contribution in [2.45, 2.75) is 32.4 Å². The number of likely N-dealkylation sites (N-methyl/N-ethyl adjacent to an activating group) is 1. The highest BCUT2D eigenvalue weighted by molar-refractivity contribution is 5.76. The normalized spacial score (nSPS) is 22.1. The van der Waals surface area contributed by atoms with Crippen molar-refractivity contribution in [2.24, 2.45) is 5.92 Å². The molecule has 2 heterocycles. The topological polar surface area (TPSA) is 109 Å². The number of carbonyl (C=O) groups is 1. The van der Waals surface area contributed by atoms with Gasteiger partial charge in [0.05, 0.1) is 6.61 Å². The Morgan fingerprint density at radius 3 is 2.83 bits per heavy atom. The van der Waals surface area contributed by atoms with Gasteiger partial charge < -0.3 is 19.9 Å². The van der Waals surface area contributed by atoms with Crippen LogP contribution < -0.4 is 11.4 Å². The van der Waals surface area contributed by atoms with Crippen molar-refractivity contribution >= 4 is 11.8 Å². The summed E-state index contributed by atoms with van der Waals surface area (Å²) in [6.45, 7) is 4.02. The van der Waals surface area contributed by atoms with Crippen LogP contribution >= 0.6 is 0 Å². The molecule has 134 valence electrons. The van der Waals surface area contributed by atoms with Crippen molar-refractivity contribution < 1.29 is 19.0 Å². The van der Waals surface area contributed by atoms with Gasteiger partial charge in [-0.2, -0.15) is 4.98 Å². The number of nitrogens with zero attached hydrogens (tertiary/aromatic N) is 3.